The number of aromatic nitrogens is 3. The zero-order valence-electron chi connectivity index (χ0n) is 27.4. The first-order valence-corrected chi connectivity index (χ1v) is 16.8. The minimum absolute atomic E-state index is 0.0962. The van der Waals surface area contributed by atoms with Crippen LogP contribution in [0, 0.1) is 0 Å². The Hall–Kier alpha value is -6.19. The van der Waals surface area contributed by atoms with Crippen molar-refractivity contribution in [2.45, 2.75) is 19.3 Å². The maximum absolute atomic E-state index is 5.19. The van der Waals surface area contributed by atoms with E-state index in [2.05, 4.69) is 158 Å². The van der Waals surface area contributed by atoms with Gasteiger partial charge in [0.25, 0.3) is 0 Å². The average Bonchev–Trinajstić information content (AvgIpc) is 3.42. The van der Waals surface area contributed by atoms with Gasteiger partial charge in [0.1, 0.15) is 0 Å². The fraction of sp³-hybridized carbons (Fsp3) is 0.0652. The SMILES string of the molecule is CC1(C)c2cccc(-c3cccc(-c4cc(-c5ccccc5)nc(-c5ccc(-c6cccnc6)cc5)n4)c3)c2-c2c1ccc1ccccc21. The molecule has 9 rings (SSSR count). The summed E-state index contributed by atoms with van der Waals surface area (Å²) in [4.78, 5) is 14.5. The van der Waals surface area contributed by atoms with Gasteiger partial charge < -0.3 is 0 Å². The van der Waals surface area contributed by atoms with Gasteiger partial charge in [-0.3, -0.25) is 4.98 Å². The fourth-order valence-corrected chi connectivity index (χ4v) is 7.46. The van der Waals surface area contributed by atoms with E-state index in [1.54, 1.807) is 6.20 Å². The molecule has 0 fully saturated rings. The topological polar surface area (TPSA) is 38.7 Å². The lowest BCUT2D eigenvalue weighted by Gasteiger charge is -2.21. The lowest BCUT2D eigenvalue weighted by atomic mass is 9.81. The molecule has 1 aliphatic carbocycles. The van der Waals surface area contributed by atoms with Gasteiger partial charge in [-0.25, -0.2) is 9.97 Å². The number of rotatable bonds is 5. The molecular formula is C46H33N3. The van der Waals surface area contributed by atoms with Gasteiger partial charge >= 0.3 is 0 Å². The highest BCUT2D eigenvalue weighted by Gasteiger charge is 2.37. The fourth-order valence-electron chi connectivity index (χ4n) is 7.46. The Morgan fingerprint density at radius 2 is 1.12 bits per heavy atom. The van der Waals surface area contributed by atoms with Gasteiger partial charge in [0.2, 0.25) is 0 Å². The van der Waals surface area contributed by atoms with Crippen LogP contribution in [0.4, 0.5) is 0 Å². The normalized spacial score (nSPS) is 12.9. The summed E-state index contributed by atoms with van der Waals surface area (Å²) in [7, 11) is 0. The van der Waals surface area contributed by atoms with E-state index in [9.17, 15) is 0 Å². The predicted molar refractivity (Wildman–Crippen MR) is 202 cm³/mol. The summed E-state index contributed by atoms with van der Waals surface area (Å²) in [5.74, 6) is 0.697. The highest BCUT2D eigenvalue weighted by Crippen LogP contribution is 2.54. The van der Waals surface area contributed by atoms with Crippen LogP contribution in [0.15, 0.2) is 164 Å². The Balaban J connectivity index is 1.19. The number of nitrogens with zero attached hydrogens (tertiary/aromatic N) is 3. The van der Waals surface area contributed by atoms with Crippen molar-refractivity contribution in [3.05, 3.63) is 175 Å². The van der Waals surface area contributed by atoms with E-state index in [1.165, 1.54) is 44.2 Å². The van der Waals surface area contributed by atoms with Crippen molar-refractivity contribution in [2.24, 2.45) is 0 Å². The molecule has 0 atom stereocenters. The molecule has 232 valence electrons. The molecule has 1 aliphatic rings. The van der Waals surface area contributed by atoms with E-state index < -0.39 is 0 Å². The van der Waals surface area contributed by atoms with Crippen LogP contribution >= 0.6 is 0 Å². The molecule has 8 aromatic rings. The van der Waals surface area contributed by atoms with Crippen molar-refractivity contribution in [2.75, 3.05) is 0 Å². The second-order valence-corrected chi connectivity index (χ2v) is 13.3. The number of pyridine rings is 1. The zero-order valence-corrected chi connectivity index (χ0v) is 27.4. The van der Waals surface area contributed by atoms with E-state index in [1.807, 2.05) is 18.3 Å². The predicted octanol–water partition coefficient (Wildman–Crippen LogP) is 11.7. The molecule has 0 saturated heterocycles. The Labute approximate surface area is 286 Å². The number of benzene rings is 6. The van der Waals surface area contributed by atoms with E-state index in [0.717, 1.165) is 39.2 Å². The van der Waals surface area contributed by atoms with Crippen molar-refractivity contribution in [1.82, 2.24) is 15.0 Å². The zero-order chi connectivity index (χ0) is 33.0. The summed E-state index contributed by atoms with van der Waals surface area (Å²) < 4.78 is 0. The van der Waals surface area contributed by atoms with Crippen molar-refractivity contribution in [3.8, 4) is 67.3 Å². The summed E-state index contributed by atoms with van der Waals surface area (Å²) in [6, 6.07) is 53.9. The Morgan fingerprint density at radius 3 is 1.94 bits per heavy atom. The smallest absolute Gasteiger partial charge is 0.160 e. The molecule has 0 spiro atoms. The van der Waals surface area contributed by atoms with Crippen molar-refractivity contribution in [1.29, 1.82) is 0 Å². The summed E-state index contributed by atoms with van der Waals surface area (Å²) in [5.41, 5.74) is 14.8. The molecular weight excluding hydrogens is 595 g/mol. The first-order chi connectivity index (χ1) is 24.0. The van der Waals surface area contributed by atoms with Gasteiger partial charge in [0.15, 0.2) is 5.82 Å². The Bertz CT molecular complexity index is 2500. The average molecular weight is 628 g/mol. The van der Waals surface area contributed by atoms with Gasteiger partial charge in [-0.1, -0.05) is 147 Å². The summed E-state index contributed by atoms with van der Waals surface area (Å²) >= 11 is 0. The van der Waals surface area contributed by atoms with Crippen LogP contribution in [0.2, 0.25) is 0 Å². The lowest BCUT2D eigenvalue weighted by molar-refractivity contribution is 0.661. The van der Waals surface area contributed by atoms with Gasteiger partial charge in [-0.15, -0.1) is 0 Å². The van der Waals surface area contributed by atoms with Crippen molar-refractivity contribution in [3.63, 3.8) is 0 Å². The second kappa shape index (κ2) is 11.5. The van der Waals surface area contributed by atoms with Crippen LogP contribution < -0.4 is 0 Å². The molecule has 6 aromatic carbocycles. The van der Waals surface area contributed by atoms with Crippen LogP contribution in [0.25, 0.3) is 78.1 Å². The minimum Gasteiger partial charge on any atom is -0.264 e. The Kier molecular flexibility index (Phi) is 6.80. The molecule has 3 heteroatoms. The molecule has 2 aromatic heterocycles. The third-order valence-corrected chi connectivity index (χ3v) is 9.99. The molecule has 49 heavy (non-hydrogen) atoms. The van der Waals surface area contributed by atoms with Crippen LogP contribution in [0.1, 0.15) is 25.0 Å². The largest absolute Gasteiger partial charge is 0.264 e. The third kappa shape index (κ3) is 4.94. The molecule has 0 aliphatic heterocycles. The number of fused-ring (bicyclic) bond motifs is 5. The first-order valence-electron chi connectivity index (χ1n) is 16.8. The highest BCUT2D eigenvalue weighted by atomic mass is 14.9. The van der Waals surface area contributed by atoms with Crippen LogP contribution in [-0.4, -0.2) is 15.0 Å². The molecule has 0 amide bonds. The first kappa shape index (κ1) is 29.0. The van der Waals surface area contributed by atoms with Gasteiger partial charge in [0, 0.05) is 34.5 Å². The molecule has 0 bridgehead atoms. The van der Waals surface area contributed by atoms with E-state index >= 15 is 0 Å². The second-order valence-electron chi connectivity index (χ2n) is 13.3. The van der Waals surface area contributed by atoms with Crippen LogP contribution in [-0.2, 0) is 5.41 Å². The summed E-state index contributed by atoms with van der Waals surface area (Å²) in [5, 5.41) is 2.57. The Morgan fingerprint density at radius 1 is 0.449 bits per heavy atom. The molecule has 2 heterocycles. The monoisotopic (exact) mass is 627 g/mol. The molecule has 0 unspecified atom stereocenters. The lowest BCUT2D eigenvalue weighted by Crippen LogP contribution is -2.14. The molecule has 0 N–H and O–H groups in total. The van der Waals surface area contributed by atoms with Crippen LogP contribution in [0.3, 0.4) is 0 Å². The van der Waals surface area contributed by atoms with E-state index in [-0.39, 0.29) is 5.41 Å². The minimum atomic E-state index is -0.0962. The quantitative estimate of drug-likeness (QED) is 0.191. The van der Waals surface area contributed by atoms with E-state index in [4.69, 9.17) is 9.97 Å². The number of hydrogen-bond acceptors (Lipinski definition) is 3. The maximum atomic E-state index is 5.19. The van der Waals surface area contributed by atoms with Crippen molar-refractivity contribution < 1.29 is 0 Å². The molecule has 0 saturated carbocycles. The summed E-state index contributed by atoms with van der Waals surface area (Å²) in [6.07, 6.45) is 3.68. The maximum Gasteiger partial charge on any atom is 0.160 e. The third-order valence-electron chi connectivity index (χ3n) is 9.99. The van der Waals surface area contributed by atoms with Crippen molar-refractivity contribution >= 4 is 10.8 Å². The molecule has 0 radical (unpaired) electrons. The highest BCUT2D eigenvalue weighted by molar-refractivity contribution is 6.06. The van der Waals surface area contributed by atoms with Gasteiger partial charge in [-0.2, -0.15) is 0 Å². The van der Waals surface area contributed by atoms with Gasteiger partial charge in [-0.05, 0) is 73.5 Å². The van der Waals surface area contributed by atoms with E-state index in [0.29, 0.717) is 5.82 Å². The molecule has 3 nitrogen and oxygen atoms in total. The number of hydrogen-bond donors (Lipinski definition) is 0. The summed E-state index contributed by atoms with van der Waals surface area (Å²) in [6.45, 7) is 4.70. The van der Waals surface area contributed by atoms with Crippen LogP contribution in [0.5, 0.6) is 0 Å². The standard InChI is InChI=1S/C46H33N3/c1-46(2)39-19-9-18-38(44(39)43-37-17-7-6-11-31(37)24-25-40(43)46)34-14-8-15-35(27-34)42-28-41(32-12-4-3-5-13-32)48-45(49-42)33-22-20-30(21-23-33)36-16-10-26-47-29-36/h3-29H,1-2H3. The van der Waals surface area contributed by atoms with Gasteiger partial charge in [0.05, 0.1) is 11.4 Å².